The van der Waals surface area contributed by atoms with Gasteiger partial charge in [0.05, 0.1) is 13.7 Å². The van der Waals surface area contributed by atoms with E-state index in [1.807, 2.05) is 0 Å². The first-order valence-electron chi connectivity index (χ1n) is 4.84. The average Bonchev–Trinajstić information content (AvgIpc) is 2.28. The van der Waals surface area contributed by atoms with E-state index in [0.717, 1.165) is 6.08 Å². The summed E-state index contributed by atoms with van der Waals surface area (Å²) in [5, 5.41) is 9.31. The Labute approximate surface area is 104 Å². The van der Waals surface area contributed by atoms with Crippen molar-refractivity contribution in [3.05, 3.63) is 34.9 Å². The fourth-order valence-electron chi connectivity index (χ4n) is 1.43. The van der Waals surface area contributed by atoms with Gasteiger partial charge in [-0.25, -0.2) is 4.79 Å². The predicted molar refractivity (Wildman–Crippen MR) is 65.5 cm³/mol. The number of methoxy groups -OCH3 is 2. The molecule has 17 heavy (non-hydrogen) atoms. The zero-order chi connectivity index (χ0) is 12.8. The van der Waals surface area contributed by atoms with Crippen molar-refractivity contribution >= 4 is 23.1 Å². The quantitative estimate of drug-likeness (QED) is 0.823. The molecular weight excluding hydrogens is 244 g/mol. The molecule has 1 rings (SSSR count). The third kappa shape index (κ3) is 3.76. The lowest BCUT2D eigenvalue weighted by Gasteiger charge is -2.11. The highest BCUT2D eigenvalue weighted by molar-refractivity contribution is 6.30. The molecule has 0 aliphatic carbocycles. The second-order valence-corrected chi connectivity index (χ2v) is 3.72. The summed E-state index contributed by atoms with van der Waals surface area (Å²) in [5.41, 5.74) is 1.11. The van der Waals surface area contributed by atoms with Gasteiger partial charge < -0.3 is 14.6 Å². The monoisotopic (exact) mass is 256 g/mol. The van der Waals surface area contributed by atoms with Crippen molar-refractivity contribution in [3.8, 4) is 5.75 Å². The highest BCUT2D eigenvalue weighted by Crippen LogP contribution is 2.29. The van der Waals surface area contributed by atoms with Gasteiger partial charge in [-0.1, -0.05) is 11.6 Å². The van der Waals surface area contributed by atoms with Gasteiger partial charge in [0.2, 0.25) is 0 Å². The van der Waals surface area contributed by atoms with Crippen LogP contribution >= 0.6 is 11.6 Å². The summed E-state index contributed by atoms with van der Waals surface area (Å²) in [4.78, 5) is 10.7. The molecular formula is C12H13ClO4. The highest BCUT2D eigenvalue weighted by Gasteiger charge is 2.11. The Hall–Kier alpha value is -1.52. The van der Waals surface area contributed by atoms with Gasteiger partial charge in [-0.2, -0.15) is 0 Å². The maximum atomic E-state index is 10.7. The molecule has 0 aliphatic rings. The number of aliphatic carboxylic acids is 1. The minimum absolute atomic E-state index is 0.170. The fraction of sp³-hybridized carbons (Fsp3) is 0.250. The fourth-order valence-corrected chi connectivity index (χ4v) is 1.60. The number of rotatable bonds is 5. The molecule has 1 aromatic carbocycles. The van der Waals surface area contributed by atoms with Crippen LogP contribution < -0.4 is 4.74 Å². The van der Waals surface area contributed by atoms with Crippen LogP contribution in [0.2, 0.25) is 5.02 Å². The summed E-state index contributed by atoms with van der Waals surface area (Å²) >= 11 is 5.88. The third-order valence-electron chi connectivity index (χ3n) is 2.11. The van der Waals surface area contributed by atoms with Gasteiger partial charge in [-0.05, 0) is 23.8 Å². The number of benzene rings is 1. The number of carboxylic acids is 1. The molecule has 0 amide bonds. The molecule has 5 heteroatoms. The summed E-state index contributed by atoms with van der Waals surface area (Å²) in [5.74, 6) is -0.488. The van der Waals surface area contributed by atoms with Crippen LogP contribution in [0.1, 0.15) is 5.56 Å². The minimum Gasteiger partial charge on any atom is -0.496 e. The van der Waals surface area contributed by atoms with Crippen LogP contribution in [-0.2, 0) is 9.53 Å². The minimum atomic E-state index is -1.04. The number of halogens is 1. The first kappa shape index (κ1) is 13.5. The second kappa shape index (κ2) is 6.27. The maximum Gasteiger partial charge on any atom is 0.328 e. The van der Waals surface area contributed by atoms with Crippen molar-refractivity contribution in [1.82, 2.24) is 0 Å². The molecule has 0 bridgehead atoms. The Bertz CT molecular complexity index is 440. The van der Waals surface area contributed by atoms with Gasteiger partial charge in [0, 0.05) is 23.8 Å². The summed E-state index contributed by atoms with van der Waals surface area (Å²) in [6.07, 6.45) is 1.08. The molecule has 0 fully saturated rings. The summed E-state index contributed by atoms with van der Waals surface area (Å²) in [6, 6.07) is 5.01. The smallest absolute Gasteiger partial charge is 0.328 e. The molecule has 1 aromatic rings. The van der Waals surface area contributed by atoms with Crippen LogP contribution in [0.4, 0.5) is 0 Å². The van der Waals surface area contributed by atoms with Crippen molar-refractivity contribution in [2.24, 2.45) is 0 Å². The summed E-state index contributed by atoms with van der Waals surface area (Å²) < 4.78 is 10.1. The predicted octanol–water partition coefficient (Wildman–Crippen LogP) is 2.46. The maximum absolute atomic E-state index is 10.7. The molecule has 0 saturated carbocycles. The standard InChI is InChI=1S/C12H13ClO4/c1-16-7-8(5-12(14)15)10-6-9(13)3-4-11(10)17-2/h3-6H,7H2,1-2H3,(H,14,15)/b8-5+. The topological polar surface area (TPSA) is 55.8 Å². The Balaban J connectivity index is 3.25. The van der Waals surface area contributed by atoms with Crippen LogP contribution in [0.25, 0.3) is 5.57 Å². The van der Waals surface area contributed by atoms with E-state index in [-0.39, 0.29) is 6.61 Å². The van der Waals surface area contributed by atoms with E-state index in [0.29, 0.717) is 21.9 Å². The molecule has 0 radical (unpaired) electrons. The van der Waals surface area contributed by atoms with Crippen molar-refractivity contribution in [2.45, 2.75) is 0 Å². The molecule has 0 aliphatic heterocycles. The number of ether oxygens (including phenoxy) is 2. The molecule has 0 aromatic heterocycles. The molecule has 0 atom stereocenters. The summed E-state index contributed by atoms with van der Waals surface area (Å²) in [7, 11) is 3.00. The Morgan fingerprint density at radius 2 is 2.18 bits per heavy atom. The van der Waals surface area contributed by atoms with E-state index < -0.39 is 5.97 Å². The molecule has 0 heterocycles. The number of hydrogen-bond acceptors (Lipinski definition) is 3. The lowest BCUT2D eigenvalue weighted by Crippen LogP contribution is -2.01. The molecule has 4 nitrogen and oxygen atoms in total. The van der Waals surface area contributed by atoms with Crippen LogP contribution in [0.3, 0.4) is 0 Å². The van der Waals surface area contributed by atoms with Gasteiger partial charge in [-0.15, -0.1) is 0 Å². The van der Waals surface area contributed by atoms with Gasteiger partial charge >= 0.3 is 5.97 Å². The molecule has 0 saturated heterocycles. The van der Waals surface area contributed by atoms with Crippen molar-refractivity contribution in [2.75, 3.05) is 20.8 Å². The van der Waals surface area contributed by atoms with E-state index in [4.69, 9.17) is 26.2 Å². The van der Waals surface area contributed by atoms with Gasteiger partial charge in [-0.3, -0.25) is 0 Å². The van der Waals surface area contributed by atoms with E-state index in [2.05, 4.69) is 0 Å². The van der Waals surface area contributed by atoms with Crippen LogP contribution in [0.5, 0.6) is 5.75 Å². The highest BCUT2D eigenvalue weighted by atomic mass is 35.5. The zero-order valence-electron chi connectivity index (χ0n) is 9.57. The lowest BCUT2D eigenvalue weighted by atomic mass is 10.1. The molecule has 92 valence electrons. The van der Waals surface area contributed by atoms with Crippen LogP contribution in [-0.4, -0.2) is 31.9 Å². The second-order valence-electron chi connectivity index (χ2n) is 3.29. The van der Waals surface area contributed by atoms with Gasteiger partial charge in [0.15, 0.2) is 0 Å². The van der Waals surface area contributed by atoms with Crippen LogP contribution in [0.15, 0.2) is 24.3 Å². The third-order valence-corrected chi connectivity index (χ3v) is 2.34. The molecule has 0 unspecified atom stereocenters. The Kier molecular flexibility index (Phi) is 5.00. The Morgan fingerprint density at radius 3 is 2.71 bits per heavy atom. The van der Waals surface area contributed by atoms with E-state index >= 15 is 0 Å². The van der Waals surface area contributed by atoms with Crippen molar-refractivity contribution in [3.63, 3.8) is 0 Å². The lowest BCUT2D eigenvalue weighted by molar-refractivity contribution is -0.131. The van der Waals surface area contributed by atoms with Gasteiger partial charge in [0.25, 0.3) is 0 Å². The van der Waals surface area contributed by atoms with Crippen LogP contribution in [0, 0.1) is 0 Å². The number of hydrogen-bond donors (Lipinski definition) is 1. The molecule has 1 N–H and O–H groups in total. The number of carboxylic acid groups (broad SMARTS) is 1. The van der Waals surface area contributed by atoms with E-state index in [9.17, 15) is 4.79 Å². The number of carbonyl (C=O) groups is 1. The first-order valence-corrected chi connectivity index (χ1v) is 5.22. The Morgan fingerprint density at radius 1 is 1.47 bits per heavy atom. The largest absolute Gasteiger partial charge is 0.496 e. The SMILES string of the molecule is COC/C(=C\C(=O)O)c1cc(Cl)ccc1OC. The van der Waals surface area contributed by atoms with Gasteiger partial charge in [0.1, 0.15) is 5.75 Å². The van der Waals surface area contributed by atoms with Crippen molar-refractivity contribution in [1.29, 1.82) is 0 Å². The van der Waals surface area contributed by atoms with E-state index in [1.165, 1.54) is 14.2 Å². The first-order chi connectivity index (χ1) is 8.08. The van der Waals surface area contributed by atoms with E-state index in [1.54, 1.807) is 18.2 Å². The van der Waals surface area contributed by atoms with Crippen molar-refractivity contribution < 1.29 is 19.4 Å². The average molecular weight is 257 g/mol. The zero-order valence-corrected chi connectivity index (χ0v) is 10.3. The summed E-state index contributed by atoms with van der Waals surface area (Å²) in [6.45, 7) is 0.170. The molecule has 0 spiro atoms. The normalized spacial score (nSPS) is 11.4.